The normalized spacial score (nSPS) is 20.9. The maximum absolute atomic E-state index is 12.3. The monoisotopic (exact) mass is 404 g/mol. The van der Waals surface area contributed by atoms with Crippen molar-refractivity contribution in [2.75, 3.05) is 13.1 Å². The maximum atomic E-state index is 12.3. The molecular formula is C21H33FN6O. The zero-order valence-corrected chi connectivity index (χ0v) is 17.9. The lowest BCUT2D eigenvalue weighted by atomic mass is 9.98. The van der Waals surface area contributed by atoms with E-state index in [9.17, 15) is 9.18 Å². The van der Waals surface area contributed by atoms with Crippen LogP contribution in [-0.4, -0.2) is 46.8 Å². The van der Waals surface area contributed by atoms with Crippen LogP contribution in [0.3, 0.4) is 0 Å². The molecule has 0 aromatic carbocycles. The zero-order valence-electron chi connectivity index (χ0n) is 17.9. The van der Waals surface area contributed by atoms with Crippen molar-refractivity contribution in [2.45, 2.75) is 53.1 Å². The molecule has 1 amide bonds. The molecule has 2 unspecified atom stereocenters. The van der Waals surface area contributed by atoms with Crippen LogP contribution in [0, 0.1) is 12.8 Å². The van der Waals surface area contributed by atoms with E-state index in [2.05, 4.69) is 39.4 Å². The SMILES string of the molecule is CC(=Nc1cncnc1C)C(=O)NC1CNC1.CC1C=C(F)C=CC1N.CCC. The van der Waals surface area contributed by atoms with Gasteiger partial charge < -0.3 is 16.4 Å². The first-order valence-corrected chi connectivity index (χ1v) is 9.93. The number of allylic oxidation sites excluding steroid dienone is 2. The molecule has 0 radical (unpaired) electrons. The van der Waals surface area contributed by atoms with E-state index in [1.54, 1.807) is 19.2 Å². The van der Waals surface area contributed by atoms with Gasteiger partial charge in [0.15, 0.2) is 0 Å². The Kier molecular flexibility index (Phi) is 10.9. The van der Waals surface area contributed by atoms with Gasteiger partial charge >= 0.3 is 0 Å². The largest absolute Gasteiger partial charge is 0.346 e. The number of nitrogens with one attached hydrogen (secondary N) is 2. The molecule has 1 aromatic heterocycles. The van der Waals surface area contributed by atoms with Crippen LogP contribution in [0.2, 0.25) is 0 Å². The van der Waals surface area contributed by atoms with Gasteiger partial charge in [0.2, 0.25) is 0 Å². The Labute approximate surface area is 172 Å². The molecular weight excluding hydrogens is 371 g/mol. The van der Waals surface area contributed by atoms with Crippen LogP contribution in [-0.2, 0) is 4.79 Å². The number of aliphatic imine (C=N–C) groups is 1. The van der Waals surface area contributed by atoms with E-state index in [1.165, 1.54) is 24.9 Å². The fourth-order valence-corrected chi connectivity index (χ4v) is 2.20. The van der Waals surface area contributed by atoms with Crippen LogP contribution in [0.5, 0.6) is 0 Å². The van der Waals surface area contributed by atoms with Gasteiger partial charge in [0.25, 0.3) is 5.91 Å². The number of aryl methyl sites for hydroxylation is 1. The molecule has 7 nitrogen and oxygen atoms in total. The summed E-state index contributed by atoms with van der Waals surface area (Å²) >= 11 is 0. The second-order valence-electron chi connectivity index (χ2n) is 7.07. The highest BCUT2D eigenvalue weighted by Gasteiger charge is 2.19. The van der Waals surface area contributed by atoms with E-state index in [1.807, 2.05) is 13.8 Å². The molecule has 29 heavy (non-hydrogen) atoms. The number of amides is 1. The number of aromatic nitrogens is 2. The Morgan fingerprint density at radius 1 is 1.41 bits per heavy atom. The topological polar surface area (TPSA) is 105 Å². The third-order valence-corrected chi connectivity index (χ3v) is 4.13. The predicted molar refractivity (Wildman–Crippen MR) is 116 cm³/mol. The molecule has 2 aliphatic rings. The summed E-state index contributed by atoms with van der Waals surface area (Å²) in [5, 5.41) is 5.97. The van der Waals surface area contributed by atoms with E-state index < -0.39 is 0 Å². The summed E-state index contributed by atoms with van der Waals surface area (Å²) in [6.45, 7) is 11.3. The van der Waals surface area contributed by atoms with Gasteiger partial charge in [0, 0.05) is 19.1 Å². The second kappa shape index (κ2) is 12.9. The second-order valence-corrected chi connectivity index (χ2v) is 7.07. The lowest BCUT2D eigenvalue weighted by molar-refractivity contribution is -0.115. The van der Waals surface area contributed by atoms with Gasteiger partial charge in [-0.05, 0) is 31.9 Å². The molecule has 0 bridgehead atoms. The van der Waals surface area contributed by atoms with Gasteiger partial charge in [-0.3, -0.25) is 4.79 Å². The van der Waals surface area contributed by atoms with Crippen LogP contribution in [0.4, 0.5) is 10.1 Å². The average molecular weight is 405 g/mol. The zero-order chi connectivity index (χ0) is 21.8. The molecule has 2 heterocycles. The Bertz CT molecular complexity index is 742. The Hall–Kier alpha value is -2.45. The molecule has 0 saturated carbocycles. The number of hydrogen-bond acceptors (Lipinski definition) is 6. The fourth-order valence-electron chi connectivity index (χ4n) is 2.20. The van der Waals surface area contributed by atoms with Gasteiger partial charge in [-0.25, -0.2) is 19.4 Å². The predicted octanol–water partition coefficient (Wildman–Crippen LogP) is 2.75. The molecule has 4 N–H and O–H groups in total. The van der Waals surface area contributed by atoms with Crippen molar-refractivity contribution in [3.63, 3.8) is 0 Å². The molecule has 1 aliphatic heterocycles. The first-order chi connectivity index (χ1) is 13.8. The minimum absolute atomic E-state index is 0.00972. The molecule has 1 fully saturated rings. The van der Waals surface area contributed by atoms with Crippen LogP contribution >= 0.6 is 0 Å². The Morgan fingerprint density at radius 3 is 2.55 bits per heavy atom. The first-order valence-electron chi connectivity index (χ1n) is 9.93. The minimum atomic E-state index is -0.177. The number of carbonyl (C=O) groups is 1. The van der Waals surface area contributed by atoms with Crippen molar-refractivity contribution in [1.82, 2.24) is 20.6 Å². The lowest BCUT2D eigenvalue weighted by Gasteiger charge is -2.27. The molecule has 160 valence electrons. The molecule has 8 heteroatoms. The van der Waals surface area contributed by atoms with Crippen LogP contribution in [0.25, 0.3) is 0 Å². The van der Waals surface area contributed by atoms with E-state index in [4.69, 9.17) is 5.73 Å². The van der Waals surface area contributed by atoms with Crippen LogP contribution in [0.15, 0.2) is 41.6 Å². The number of carbonyl (C=O) groups excluding carboxylic acids is 1. The quantitative estimate of drug-likeness (QED) is 0.672. The smallest absolute Gasteiger partial charge is 0.265 e. The average Bonchev–Trinajstić information content (AvgIpc) is 2.64. The summed E-state index contributed by atoms with van der Waals surface area (Å²) in [6, 6.07) is 0.213. The molecule has 2 atom stereocenters. The van der Waals surface area contributed by atoms with Crippen molar-refractivity contribution >= 4 is 17.3 Å². The molecule has 1 aliphatic carbocycles. The number of rotatable bonds is 3. The summed E-state index contributed by atoms with van der Waals surface area (Å²) in [5.74, 6) is -0.182. The minimum Gasteiger partial charge on any atom is -0.346 e. The third kappa shape index (κ3) is 9.06. The summed E-state index contributed by atoms with van der Waals surface area (Å²) < 4.78 is 12.3. The van der Waals surface area contributed by atoms with Crippen molar-refractivity contribution in [2.24, 2.45) is 16.6 Å². The summed E-state index contributed by atoms with van der Waals surface area (Å²) in [7, 11) is 0. The van der Waals surface area contributed by atoms with Crippen molar-refractivity contribution in [1.29, 1.82) is 0 Å². The number of halogens is 1. The number of nitrogens with two attached hydrogens (primary N) is 1. The summed E-state index contributed by atoms with van der Waals surface area (Å²) in [4.78, 5) is 23.9. The fraction of sp³-hybridized carbons (Fsp3) is 0.524. The highest BCUT2D eigenvalue weighted by molar-refractivity contribution is 6.38. The van der Waals surface area contributed by atoms with Crippen molar-refractivity contribution in [3.8, 4) is 0 Å². The van der Waals surface area contributed by atoms with Gasteiger partial charge in [-0.1, -0.05) is 33.3 Å². The van der Waals surface area contributed by atoms with Gasteiger partial charge in [-0.15, -0.1) is 0 Å². The van der Waals surface area contributed by atoms with Crippen LogP contribution in [0.1, 0.15) is 39.8 Å². The molecule has 1 aromatic rings. The first kappa shape index (κ1) is 24.6. The third-order valence-electron chi connectivity index (χ3n) is 4.13. The Balaban J connectivity index is 0.000000294. The number of nitrogens with zero attached hydrogens (tertiary/aromatic N) is 3. The maximum Gasteiger partial charge on any atom is 0.265 e. The van der Waals surface area contributed by atoms with Crippen molar-refractivity contribution < 1.29 is 9.18 Å². The molecule has 1 saturated heterocycles. The van der Waals surface area contributed by atoms with Gasteiger partial charge in [0.1, 0.15) is 23.6 Å². The molecule has 3 rings (SSSR count). The van der Waals surface area contributed by atoms with E-state index in [-0.39, 0.29) is 29.7 Å². The van der Waals surface area contributed by atoms with E-state index in [0.717, 1.165) is 18.8 Å². The molecule has 0 spiro atoms. The van der Waals surface area contributed by atoms with Crippen LogP contribution < -0.4 is 16.4 Å². The number of hydrogen-bond donors (Lipinski definition) is 3. The standard InChI is InChI=1S/C11H15N5O.C7H10FN.C3H8/c1-7-10(5-13-6-14-7)15-8(2)11(17)16-9-3-12-4-9;1-5-4-6(8)2-3-7(5)9;1-3-2/h5-6,9,12H,3-4H2,1-2H3,(H,16,17);2-5,7H,9H2,1H3;3H2,1-2H3. The summed E-state index contributed by atoms with van der Waals surface area (Å²) in [5.41, 5.74) is 7.36. The highest BCUT2D eigenvalue weighted by Crippen LogP contribution is 2.15. The Morgan fingerprint density at radius 2 is 2.07 bits per heavy atom. The summed E-state index contributed by atoms with van der Waals surface area (Å²) in [6.07, 6.45) is 8.93. The lowest BCUT2D eigenvalue weighted by Crippen LogP contribution is -2.57. The van der Waals surface area contributed by atoms with E-state index >= 15 is 0 Å². The van der Waals surface area contributed by atoms with E-state index in [0.29, 0.717) is 11.4 Å². The van der Waals surface area contributed by atoms with Crippen molar-refractivity contribution in [3.05, 3.63) is 42.3 Å². The highest BCUT2D eigenvalue weighted by atomic mass is 19.1. The van der Waals surface area contributed by atoms with Gasteiger partial charge in [-0.2, -0.15) is 0 Å². The van der Waals surface area contributed by atoms with Gasteiger partial charge in [0.05, 0.1) is 17.9 Å².